The molecule has 0 aromatic heterocycles. The molecule has 0 bridgehead atoms. The summed E-state index contributed by atoms with van der Waals surface area (Å²) < 4.78 is 4.62. The number of ether oxygens (including phenoxy) is 1. The monoisotopic (exact) mass is 338 g/mol. The summed E-state index contributed by atoms with van der Waals surface area (Å²) in [5, 5.41) is 6.07. The minimum atomic E-state index is -0.516. The minimum absolute atomic E-state index is 0.286. The number of carbonyl (C=O) groups is 2. The molecule has 0 saturated carbocycles. The zero-order valence-electron chi connectivity index (χ0n) is 11.5. The largest absolute Gasteiger partial charge is 0.465 e. The standard InChI is InChI=1S/C15H12Cl2N2O3/c1-22-14(20)9-2-7-12(17)13(8-9)19-15(21)18-11-5-3-10(16)4-6-11/h2-8H,1H3,(H2,18,19,21). The third-order valence-corrected chi connectivity index (χ3v) is 3.32. The molecule has 0 atom stereocenters. The van der Waals surface area contributed by atoms with Gasteiger partial charge in [-0.2, -0.15) is 0 Å². The number of urea groups is 1. The van der Waals surface area contributed by atoms with Gasteiger partial charge in [-0.15, -0.1) is 0 Å². The number of anilines is 2. The summed E-state index contributed by atoms with van der Waals surface area (Å²) in [7, 11) is 1.28. The zero-order chi connectivity index (χ0) is 16.1. The Morgan fingerprint density at radius 3 is 2.32 bits per heavy atom. The first-order valence-electron chi connectivity index (χ1n) is 6.21. The van der Waals surface area contributed by atoms with Gasteiger partial charge in [0.15, 0.2) is 0 Å². The molecule has 0 saturated heterocycles. The fraction of sp³-hybridized carbons (Fsp3) is 0.0667. The number of rotatable bonds is 3. The number of carbonyl (C=O) groups excluding carboxylic acids is 2. The number of methoxy groups -OCH3 is 1. The van der Waals surface area contributed by atoms with Crippen LogP contribution < -0.4 is 10.6 Å². The molecule has 2 aromatic carbocycles. The lowest BCUT2D eigenvalue weighted by Gasteiger charge is -2.10. The normalized spacial score (nSPS) is 9.95. The van der Waals surface area contributed by atoms with E-state index in [2.05, 4.69) is 15.4 Å². The number of hydrogen-bond acceptors (Lipinski definition) is 3. The van der Waals surface area contributed by atoms with E-state index in [0.717, 1.165) is 0 Å². The van der Waals surface area contributed by atoms with Crippen LogP contribution in [0, 0.1) is 0 Å². The molecule has 5 nitrogen and oxygen atoms in total. The summed E-state index contributed by atoms with van der Waals surface area (Å²) in [6.45, 7) is 0. The second-order valence-corrected chi connectivity index (χ2v) is 5.12. The summed E-state index contributed by atoms with van der Waals surface area (Å²) in [4.78, 5) is 23.4. The highest BCUT2D eigenvalue weighted by atomic mass is 35.5. The van der Waals surface area contributed by atoms with Crippen LogP contribution in [-0.2, 0) is 4.74 Å². The molecule has 0 heterocycles. The van der Waals surface area contributed by atoms with Gasteiger partial charge < -0.3 is 15.4 Å². The Labute approximate surface area is 137 Å². The number of halogens is 2. The molecule has 2 amide bonds. The summed E-state index contributed by atoms with van der Waals surface area (Å²) in [5.41, 5.74) is 1.16. The van der Waals surface area contributed by atoms with Crippen molar-refractivity contribution >= 4 is 46.6 Å². The van der Waals surface area contributed by atoms with Gasteiger partial charge in [-0.25, -0.2) is 9.59 Å². The van der Waals surface area contributed by atoms with Crippen molar-refractivity contribution < 1.29 is 14.3 Å². The smallest absolute Gasteiger partial charge is 0.337 e. The van der Waals surface area contributed by atoms with Crippen LogP contribution in [0.5, 0.6) is 0 Å². The zero-order valence-corrected chi connectivity index (χ0v) is 13.0. The van der Waals surface area contributed by atoms with Crippen molar-refractivity contribution in [3.8, 4) is 0 Å². The molecule has 0 aliphatic heterocycles. The number of nitrogens with one attached hydrogen (secondary N) is 2. The molecule has 0 spiro atoms. The lowest BCUT2D eigenvalue weighted by Crippen LogP contribution is -2.19. The van der Waals surface area contributed by atoms with Crippen LogP contribution in [0.25, 0.3) is 0 Å². The Morgan fingerprint density at radius 1 is 1.00 bits per heavy atom. The molecule has 22 heavy (non-hydrogen) atoms. The van der Waals surface area contributed by atoms with Crippen LogP contribution in [0.15, 0.2) is 42.5 Å². The number of hydrogen-bond donors (Lipinski definition) is 2. The molecule has 0 radical (unpaired) electrons. The first kappa shape index (κ1) is 16.1. The topological polar surface area (TPSA) is 67.4 Å². The summed E-state index contributed by atoms with van der Waals surface area (Å²) in [6.07, 6.45) is 0. The molecule has 7 heteroatoms. The fourth-order valence-corrected chi connectivity index (χ4v) is 1.97. The van der Waals surface area contributed by atoms with Crippen molar-refractivity contribution in [1.29, 1.82) is 0 Å². The van der Waals surface area contributed by atoms with E-state index in [4.69, 9.17) is 23.2 Å². The van der Waals surface area contributed by atoms with Gasteiger partial charge in [-0.3, -0.25) is 0 Å². The Kier molecular flexibility index (Phi) is 5.25. The van der Waals surface area contributed by atoms with Gasteiger partial charge in [0.2, 0.25) is 0 Å². The van der Waals surface area contributed by atoms with E-state index < -0.39 is 12.0 Å². The number of amides is 2. The highest BCUT2D eigenvalue weighted by Crippen LogP contribution is 2.24. The van der Waals surface area contributed by atoms with Crippen LogP contribution in [0.4, 0.5) is 16.2 Å². The van der Waals surface area contributed by atoms with Crippen molar-refractivity contribution in [2.24, 2.45) is 0 Å². The van der Waals surface area contributed by atoms with Crippen molar-refractivity contribution in [1.82, 2.24) is 0 Å². The van der Waals surface area contributed by atoms with Crippen molar-refractivity contribution in [3.63, 3.8) is 0 Å². The Morgan fingerprint density at radius 2 is 1.68 bits per heavy atom. The second kappa shape index (κ2) is 7.15. The highest BCUT2D eigenvalue weighted by Gasteiger charge is 2.11. The van der Waals surface area contributed by atoms with Gasteiger partial charge in [-0.05, 0) is 42.5 Å². The second-order valence-electron chi connectivity index (χ2n) is 4.27. The quantitative estimate of drug-likeness (QED) is 0.813. The lowest BCUT2D eigenvalue weighted by atomic mass is 10.2. The predicted octanol–water partition coefficient (Wildman–Crippen LogP) is 4.42. The van der Waals surface area contributed by atoms with E-state index in [1.54, 1.807) is 24.3 Å². The Balaban J connectivity index is 2.10. The van der Waals surface area contributed by atoms with Crippen LogP contribution in [0.3, 0.4) is 0 Å². The molecular weight excluding hydrogens is 327 g/mol. The maximum absolute atomic E-state index is 11.9. The van der Waals surface area contributed by atoms with E-state index in [9.17, 15) is 9.59 Å². The third kappa shape index (κ3) is 4.13. The molecule has 0 fully saturated rings. The SMILES string of the molecule is COC(=O)c1ccc(Cl)c(NC(=O)Nc2ccc(Cl)cc2)c1. The average molecular weight is 339 g/mol. The molecule has 0 unspecified atom stereocenters. The van der Waals surface area contributed by atoms with Gasteiger partial charge in [0.1, 0.15) is 0 Å². The predicted molar refractivity (Wildman–Crippen MR) is 86.9 cm³/mol. The van der Waals surface area contributed by atoms with Gasteiger partial charge in [0, 0.05) is 10.7 Å². The molecular formula is C15H12Cl2N2O3. The number of esters is 1. The Hall–Kier alpha value is -2.24. The first-order valence-corrected chi connectivity index (χ1v) is 6.96. The first-order chi connectivity index (χ1) is 10.5. The van der Waals surface area contributed by atoms with Crippen molar-refractivity contribution in [2.75, 3.05) is 17.7 Å². The van der Waals surface area contributed by atoms with E-state index in [1.807, 2.05) is 0 Å². The molecule has 0 aliphatic rings. The average Bonchev–Trinajstić information content (AvgIpc) is 2.51. The third-order valence-electron chi connectivity index (χ3n) is 2.74. The van der Waals surface area contributed by atoms with Crippen LogP contribution >= 0.6 is 23.2 Å². The minimum Gasteiger partial charge on any atom is -0.465 e. The number of benzene rings is 2. The van der Waals surface area contributed by atoms with E-state index >= 15 is 0 Å². The fourth-order valence-electron chi connectivity index (χ4n) is 1.68. The van der Waals surface area contributed by atoms with Gasteiger partial charge in [0.25, 0.3) is 0 Å². The van der Waals surface area contributed by atoms with Gasteiger partial charge >= 0.3 is 12.0 Å². The van der Waals surface area contributed by atoms with Crippen LogP contribution in [-0.4, -0.2) is 19.1 Å². The molecule has 2 N–H and O–H groups in total. The maximum atomic E-state index is 11.9. The highest BCUT2D eigenvalue weighted by molar-refractivity contribution is 6.34. The summed E-state index contributed by atoms with van der Waals surface area (Å²) in [6, 6.07) is 10.6. The van der Waals surface area contributed by atoms with Crippen LogP contribution in [0.1, 0.15) is 10.4 Å². The van der Waals surface area contributed by atoms with Gasteiger partial charge in [0.05, 0.1) is 23.4 Å². The Bertz CT molecular complexity index is 702. The van der Waals surface area contributed by atoms with E-state index in [-0.39, 0.29) is 5.56 Å². The van der Waals surface area contributed by atoms with Gasteiger partial charge in [-0.1, -0.05) is 23.2 Å². The summed E-state index contributed by atoms with van der Waals surface area (Å²) in [5.74, 6) is -0.516. The molecule has 0 aliphatic carbocycles. The molecule has 2 rings (SSSR count). The van der Waals surface area contributed by atoms with Crippen molar-refractivity contribution in [2.45, 2.75) is 0 Å². The summed E-state index contributed by atoms with van der Waals surface area (Å²) >= 11 is 11.8. The molecule has 114 valence electrons. The van der Waals surface area contributed by atoms with Crippen molar-refractivity contribution in [3.05, 3.63) is 58.1 Å². The lowest BCUT2D eigenvalue weighted by molar-refractivity contribution is 0.0601. The van der Waals surface area contributed by atoms with E-state index in [1.165, 1.54) is 25.3 Å². The van der Waals surface area contributed by atoms with Crippen LogP contribution in [0.2, 0.25) is 10.0 Å². The molecule has 2 aromatic rings. The maximum Gasteiger partial charge on any atom is 0.337 e. The van der Waals surface area contributed by atoms with E-state index in [0.29, 0.717) is 21.4 Å².